The first kappa shape index (κ1) is 27.1. The van der Waals surface area contributed by atoms with Crippen molar-refractivity contribution in [2.75, 3.05) is 10.6 Å². The Kier molecular flexibility index (Phi) is 7.93. The third kappa shape index (κ3) is 6.38. The van der Waals surface area contributed by atoms with Crippen molar-refractivity contribution >= 4 is 45.9 Å². The lowest BCUT2D eigenvalue weighted by atomic mass is 10.1. The molecule has 5 nitrogen and oxygen atoms in total. The van der Waals surface area contributed by atoms with Crippen LogP contribution in [-0.2, 0) is 17.7 Å². The summed E-state index contributed by atoms with van der Waals surface area (Å²) in [6.07, 6.45) is -4.53. The Morgan fingerprint density at radius 3 is 2.17 bits per heavy atom. The number of alkyl halides is 3. The van der Waals surface area contributed by atoms with Crippen LogP contribution in [-0.4, -0.2) is 11.8 Å². The third-order valence-electron chi connectivity index (χ3n) is 6.09. The lowest BCUT2D eigenvalue weighted by Crippen LogP contribution is -2.15. The molecular weight excluding hydrogens is 537 g/mol. The number of carbonyl (C=O) groups is 2. The molecule has 0 atom stereocenters. The van der Waals surface area contributed by atoms with E-state index in [0.29, 0.717) is 17.0 Å². The predicted octanol–water partition coefficient (Wildman–Crippen LogP) is 8.39. The van der Waals surface area contributed by atoms with Gasteiger partial charge in [0.05, 0.1) is 5.56 Å². The Hall–Kier alpha value is -4.50. The molecule has 0 spiro atoms. The third-order valence-corrected chi connectivity index (χ3v) is 7.12. The van der Waals surface area contributed by atoms with Gasteiger partial charge < -0.3 is 15.1 Å². The molecule has 0 radical (unpaired) electrons. The van der Waals surface area contributed by atoms with Crippen LogP contribution >= 0.6 is 11.8 Å². The summed E-state index contributed by atoms with van der Waals surface area (Å²) in [5, 5.41) is 6.11. The summed E-state index contributed by atoms with van der Waals surface area (Å²) in [5.74, 6) is 0.415. The van der Waals surface area contributed by atoms with Gasteiger partial charge in [-0.3, -0.25) is 9.59 Å². The number of carbonyl (C=O) groups excluding carboxylic acids is 2. The van der Waals surface area contributed by atoms with Crippen LogP contribution in [0.1, 0.15) is 37.6 Å². The Balaban J connectivity index is 1.32. The number of amides is 2. The lowest BCUT2D eigenvalue weighted by molar-refractivity contribution is -0.137. The minimum Gasteiger partial charge on any atom is -0.451 e. The topological polar surface area (TPSA) is 71.3 Å². The number of fused-ring (bicyclic) bond motifs is 1. The number of anilines is 2. The van der Waals surface area contributed by atoms with Crippen molar-refractivity contribution in [1.82, 2.24) is 0 Å². The number of rotatable bonds is 8. The van der Waals surface area contributed by atoms with Crippen LogP contribution in [0.5, 0.6) is 0 Å². The van der Waals surface area contributed by atoms with E-state index in [1.54, 1.807) is 30.0 Å². The zero-order valence-corrected chi connectivity index (χ0v) is 21.8. The lowest BCUT2D eigenvalue weighted by Gasteiger charge is -2.11. The van der Waals surface area contributed by atoms with E-state index in [-0.39, 0.29) is 17.0 Å². The van der Waals surface area contributed by atoms with Crippen LogP contribution in [0.4, 0.5) is 24.5 Å². The SMILES string of the molecule is O=C(Nc1cccc(C(F)(F)F)c1)c1cccc(NC(=O)c2oc3ccccc3c2CSCc2ccccc2)c1. The number of halogens is 3. The van der Waals surface area contributed by atoms with Crippen LogP contribution < -0.4 is 10.6 Å². The highest BCUT2D eigenvalue weighted by molar-refractivity contribution is 7.97. The molecule has 0 aliphatic heterocycles. The quantitative estimate of drug-likeness (QED) is 0.200. The molecular formula is C31H23F3N2O3S. The van der Waals surface area contributed by atoms with Crippen LogP contribution in [0.3, 0.4) is 0 Å². The van der Waals surface area contributed by atoms with Crippen LogP contribution in [0.2, 0.25) is 0 Å². The average Bonchev–Trinajstić information content (AvgIpc) is 3.32. The number of para-hydroxylation sites is 1. The van der Waals surface area contributed by atoms with Crippen LogP contribution in [0, 0.1) is 0 Å². The second kappa shape index (κ2) is 11.7. The molecule has 1 aromatic heterocycles. The van der Waals surface area contributed by atoms with E-state index in [2.05, 4.69) is 10.6 Å². The Bertz CT molecular complexity index is 1670. The molecule has 0 aliphatic carbocycles. The molecule has 0 saturated carbocycles. The first-order chi connectivity index (χ1) is 19.3. The van der Waals surface area contributed by atoms with Gasteiger partial charge in [0.15, 0.2) is 5.76 Å². The highest BCUT2D eigenvalue weighted by Crippen LogP contribution is 2.32. The number of hydrogen-bond acceptors (Lipinski definition) is 4. The van der Waals surface area contributed by atoms with Crippen molar-refractivity contribution in [2.45, 2.75) is 17.7 Å². The fourth-order valence-electron chi connectivity index (χ4n) is 4.17. The summed E-state index contributed by atoms with van der Waals surface area (Å²) < 4.78 is 45.0. The number of furan rings is 1. The van der Waals surface area contributed by atoms with Gasteiger partial charge in [0.2, 0.25) is 0 Å². The van der Waals surface area contributed by atoms with Crippen molar-refractivity contribution in [3.05, 3.63) is 131 Å². The second-order valence-electron chi connectivity index (χ2n) is 8.95. The maximum Gasteiger partial charge on any atom is 0.416 e. The zero-order chi connectivity index (χ0) is 28.1. The minimum atomic E-state index is -4.53. The molecule has 0 saturated heterocycles. The summed E-state index contributed by atoms with van der Waals surface area (Å²) in [6, 6.07) is 28.0. The molecule has 5 rings (SSSR count). The predicted molar refractivity (Wildman–Crippen MR) is 151 cm³/mol. The number of nitrogens with one attached hydrogen (secondary N) is 2. The van der Waals surface area contributed by atoms with Crippen molar-refractivity contribution < 1.29 is 27.2 Å². The molecule has 9 heteroatoms. The maximum atomic E-state index is 13.3. The summed E-state index contributed by atoms with van der Waals surface area (Å²) in [6.45, 7) is 0. The molecule has 0 fully saturated rings. The van der Waals surface area contributed by atoms with Gasteiger partial charge in [0.1, 0.15) is 5.58 Å². The van der Waals surface area contributed by atoms with E-state index in [4.69, 9.17) is 4.42 Å². The highest BCUT2D eigenvalue weighted by Gasteiger charge is 2.30. The van der Waals surface area contributed by atoms with Crippen LogP contribution in [0.25, 0.3) is 11.0 Å². The molecule has 202 valence electrons. The van der Waals surface area contributed by atoms with E-state index in [1.165, 1.54) is 29.8 Å². The molecule has 4 aromatic carbocycles. The number of thioether (sulfide) groups is 1. The van der Waals surface area contributed by atoms with E-state index in [9.17, 15) is 22.8 Å². The van der Waals surface area contributed by atoms with Gasteiger partial charge in [-0.2, -0.15) is 24.9 Å². The monoisotopic (exact) mass is 560 g/mol. The minimum absolute atomic E-state index is 0.00850. The van der Waals surface area contributed by atoms with Crippen molar-refractivity contribution in [1.29, 1.82) is 0 Å². The van der Waals surface area contributed by atoms with E-state index in [0.717, 1.165) is 28.8 Å². The Morgan fingerprint density at radius 1 is 0.725 bits per heavy atom. The van der Waals surface area contributed by atoms with Gasteiger partial charge in [0.25, 0.3) is 11.8 Å². The Morgan fingerprint density at radius 2 is 1.40 bits per heavy atom. The van der Waals surface area contributed by atoms with Gasteiger partial charge in [-0.1, -0.05) is 60.7 Å². The molecule has 2 amide bonds. The van der Waals surface area contributed by atoms with Gasteiger partial charge in [-0.05, 0) is 48.0 Å². The van der Waals surface area contributed by atoms with Gasteiger partial charge >= 0.3 is 6.18 Å². The maximum absolute atomic E-state index is 13.3. The standard InChI is InChI=1S/C31H23F3N2O3S/c32-31(33,34)22-11-7-13-24(17-22)35-29(37)21-10-6-12-23(16-21)36-30(38)28-26(25-14-4-5-15-27(25)39-28)19-40-18-20-8-2-1-3-9-20/h1-17H,18-19H2,(H,35,37)(H,36,38). The highest BCUT2D eigenvalue weighted by atomic mass is 32.2. The zero-order valence-electron chi connectivity index (χ0n) is 21.0. The number of hydrogen-bond donors (Lipinski definition) is 2. The van der Waals surface area contributed by atoms with E-state index < -0.39 is 23.6 Å². The van der Waals surface area contributed by atoms with E-state index >= 15 is 0 Å². The summed E-state index contributed by atoms with van der Waals surface area (Å²) >= 11 is 1.66. The Labute approximate surface area is 232 Å². The molecule has 40 heavy (non-hydrogen) atoms. The van der Waals surface area contributed by atoms with Gasteiger partial charge in [-0.25, -0.2) is 0 Å². The first-order valence-electron chi connectivity index (χ1n) is 12.3. The molecule has 5 aromatic rings. The molecule has 2 N–H and O–H groups in total. The fraction of sp³-hybridized carbons (Fsp3) is 0.0968. The van der Waals surface area contributed by atoms with Crippen molar-refractivity contribution in [2.24, 2.45) is 0 Å². The van der Waals surface area contributed by atoms with Gasteiger partial charge in [-0.15, -0.1) is 0 Å². The second-order valence-corrected chi connectivity index (χ2v) is 9.94. The smallest absolute Gasteiger partial charge is 0.416 e. The molecule has 0 aliphatic rings. The van der Waals surface area contributed by atoms with Crippen molar-refractivity contribution in [3.8, 4) is 0 Å². The molecule has 1 heterocycles. The number of benzene rings is 4. The van der Waals surface area contributed by atoms with E-state index in [1.807, 2.05) is 48.5 Å². The average molecular weight is 561 g/mol. The summed E-state index contributed by atoms with van der Waals surface area (Å²) in [4.78, 5) is 26.1. The van der Waals surface area contributed by atoms with Gasteiger partial charge in [0, 0.05) is 39.4 Å². The van der Waals surface area contributed by atoms with Crippen molar-refractivity contribution in [3.63, 3.8) is 0 Å². The summed E-state index contributed by atoms with van der Waals surface area (Å²) in [7, 11) is 0. The first-order valence-corrected chi connectivity index (χ1v) is 13.5. The largest absolute Gasteiger partial charge is 0.451 e. The molecule has 0 bridgehead atoms. The summed E-state index contributed by atoms with van der Waals surface area (Å²) in [5.41, 5.74) is 2.18. The fourth-order valence-corrected chi connectivity index (χ4v) is 5.19. The van der Waals surface area contributed by atoms with Crippen LogP contribution in [0.15, 0.2) is 108 Å². The molecule has 0 unspecified atom stereocenters. The normalized spacial score (nSPS) is 11.4.